The van der Waals surface area contributed by atoms with E-state index in [1.807, 2.05) is 0 Å². The van der Waals surface area contributed by atoms with Crippen LogP contribution in [0, 0.1) is 0 Å². The molecule has 2 amide bonds. The molecule has 0 aliphatic carbocycles. The first-order valence-corrected chi connectivity index (χ1v) is 7.26. The Morgan fingerprint density at radius 3 is 2.61 bits per heavy atom. The van der Waals surface area contributed by atoms with Crippen molar-refractivity contribution in [3.8, 4) is 5.75 Å². The molecule has 1 aliphatic heterocycles. The Hall–Kier alpha value is -2.22. The van der Waals surface area contributed by atoms with Gasteiger partial charge in [0.05, 0.1) is 12.6 Å². The van der Waals surface area contributed by atoms with Crippen molar-refractivity contribution in [3.63, 3.8) is 0 Å². The number of carbonyl (C=O) groups excluding carboxylic acids is 2. The lowest BCUT2D eigenvalue weighted by molar-refractivity contribution is -0.120. The molecule has 0 unspecified atom stereocenters. The first-order chi connectivity index (χ1) is 11.0. The fourth-order valence-corrected chi connectivity index (χ4v) is 2.15. The maximum atomic E-state index is 12.0. The number of hydrogen-bond acceptors (Lipinski definition) is 4. The first-order valence-electron chi connectivity index (χ1n) is 7.26. The molecular formula is C15H18F2N2O4. The van der Waals surface area contributed by atoms with E-state index < -0.39 is 12.5 Å². The van der Waals surface area contributed by atoms with Crippen LogP contribution in [0.2, 0.25) is 0 Å². The Kier molecular flexibility index (Phi) is 6.28. The summed E-state index contributed by atoms with van der Waals surface area (Å²) in [5, 5.41) is 5.13. The average molecular weight is 328 g/mol. The van der Waals surface area contributed by atoms with E-state index in [-0.39, 0.29) is 29.9 Å². The van der Waals surface area contributed by atoms with Crippen LogP contribution < -0.4 is 15.4 Å². The standard InChI is InChI=1S/C15H18F2N2O4/c16-15(17)23-11-5-3-10(4-6-11)14(21)19-9-13(20)18-8-12-2-1-7-22-12/h3-6,12,15H,1-2,7-9H2,(H,18,20)(H,19,21)/t12-/m1/s1. The smallest absolute Gasteiger partial charge is 0.387 e. The number of ether oxygens (including phenoxy) is 2. The number of halogens is 2. The van der Waals surface area contributed by atoms with Gasteiger partial charge in [-0.3, -0.25) is 9.59 Å². The highest BCUT2D eigenvalue weighted by molar-refractivity contribution is 5.96. The molecule has 1 aromatic rings. The summed E-state index contributed by atoms with van der Waals surface area (Å²) in [6, 6.07) is 5.21. The van der Waals surface area contributed by atoms with Gasteiger partial charge in [0.15, 0.2) is 0 Å². The molecular weight excluding hydrogens is 310 g/mol. The molecule has 1 aromatic carbocycles. The number of hydrogen-bond donors (Lipinski definition) is 2. The Morgan fingerprint density at radius 2 is 2.00 bits per heavy atom. The number of rotatable bonds is 7. The second-order valence-electron chi connectivity index (χ2n) is 5.02. The molecule has 6 nitrogen and oxygen atoms in total. The zero-order valence-electron chi connectivity index (χ0n) is 12.4. The van der Waals surface area contributed by atoms with Crippen molar-refractivity contribution in [2.24, 2.45) is 0 Å². The Morgan fingerprint density at radius 1 is 1.26 bits per heavy atom. The summed E-state index contributed by atoms with van der Waals surface area (Å²) in [5.41, 5.74) is 0.249. The summed E-state index contributed by atoms with van der Waals surface area (Å²) in [4.78, 5) is 23.5. The van der Waals surface area contributed by atoms with Crippen LogP contribution in [-0.4, -0.2) is 44.2 Å². The van der Waals surface area contributed by atoms with Crippen LogP contribution in [0.5, 0.6) is 5.75 Å². The second kappa shape index (κ2) is 8.42. The van der Waals surface area contributed by atoms with E-state index in [1.54, 1.807) is 0 Å². The first kappa shape index (κ1) is 17.1. The summed E-state index contributed by atoms with van der Waals surface area (Å²) < 4.78 is 33.6. The molecule has 1 saturated heterocycles. The van der Waals surface area contributed by atoms with Crippen molar-refractivity contribution in [1.82, 2.24) is 10.6 Å². The number of carbonyl (C=O) groups is 2. The van der Waals surface area contributed by atoms with E-state index in [4.69, 9.17) is 4.74 Å². The fourth-order valence-electron chi connectivity index (χ4n) is 2.15. The minimum atomic E-state index is -2.91. The third kappa shape index (κ3) is 5.82. The normalized spacial score (nSPS) is 17.1. The quantitative estimate of drug-likeness (QED) is 0.791. The van der Waals surface area contributed by atoms with Crippen molar-refractivity contribution in [1.29, 1.82) is 0 Å². The zero-order valence-corrected chi connectivity index (χ0v) is 12.4. The molecule has 0 saturated carbocycles. The monoisotopic (exact) mass is 328 g/mol. The van der Waals surface area contributed by atoms with Crippen LogP contribution >= 0.6 is 0 Å². The fraction of sp³-hybridized carbons (Fsp3) is 0.467. The Balaban J connectivity index is 1.71. The predicted octanol–water partition coefficient (Wildman–Crippen LogP) is 1.31. The van der Waals surface area contributed by atoms with Crippen molar-refractivity contribution < 1.29 is 27.8 Å². The highest BCUT2D eigenvalue weighted by Crippen LogP contribution is 2.14. The van der Waals surface area contributed by atoms with E-state index in [0.29, 0.717) is 13.2 Å². The van der Waals surface area contributed by atoms with E-state index in [9.17, 15) is 18.4 Å². The molecule has 0 spiro atoms. The molecule has 2 rings (SSSR count). The van der Waals surface area contributed by atoms with Gasteiger partial charge in [-0.15, -0.1) is 0 Å². The summed E-state index contributed by atoms with van der Waals surface area (Å²) in [6.45, 7) is -1.94. The van der Waals surface area contributed by atoms with Gasteiger partial charge in [0.25, 0.3) is 5.91 Å². The van der Waals surface area contributed by atoms with Gasteiger partial charge in [-0.25, -0.2) is 0 Å². The van der Waals surface area contributed by atoms with Crippen molar-refractivity contribution in [2.75, 3.05) is 19.7 Å². The zero-order chi connectivity index (χ0) is 16.7. The van der Waals surface area contributed by atoms with Gasteiger partial charge in [-0.2, -0.15) is 8.78 Å². The van der Waals surface area contributed by atoms with Crippen LogP contribution in [-0.2, 0) is 9.53 Å². The Labute approximate surface area is 132 Å². The van der Waals surface area contributed by atoms with Gasteiger partial charge in [-0.1, -0.05) is 0 Å². The topological polar surface area (TPSA) is 76.7 Å². The van der Waals surface area contributed by atoms with Crippen molar-refractivity contribution in [3.05, 3.63) is 29.8 Å². The largest absolute Gasteiger partial charge is 0.435 e. The lowest BCUT2D eigenvalue weighted by Gasteiger charge is -2.11. The van der Waals surface area contributed by atoms with E-state index in [1.165, 1.54) is 24.3 Å². The molecule has 8 heteroatoms. The van der Waals surface area contributed by atoms with Gasteiger partial charge in [0.1, 0.15) is 5.75 Å². The lowest BCUT2D eigenvalue weighted by Crippen LogP contribution is -2.39. The molecule has 126 valence electrons. The molecule has 1 heterocycles. The molecule has 23 heavy (non-hydrogen) atoms. The molecule has 0 aromatic heterocycles. The summed E-state index contributed by atoms with van der Waals surface area (Å²) in [5.74, 6) is -0.821. The minimum Gasteiger partial charge on any atom is -0.435 e. The van der Waals surface area contributed by atoms with Crippen LogP contribution in [0.25, 0.3) is 0 Å². The van der Waals surface area contributed by atoms with Crippen LogP contribution in [0.3, 0.4) is 0 Å². The summed E-state index contributed by atoms with van der Waals surface area (Å²) in [6.07, 6.45) is 1.94. The maximum Gasteiger partial charge on any atom is 0.387 e. The second-order valence-corrected chi connectivity index (χ2v) is 5.02. The SMILES string of the molecule is O=C(CNC(=O)c1ccc(OC(F)F)cc1)NC[C@H]1CCCO1. The third-order valence-electron chi connectivity index (χ3n) is 3.30. The maximum absolute atomic E-state index is 12.0. The number of alkyl halides is 2. The van der Waals surface area contributed by atoms with E-state index >= 15 is 0 Å². The van der Waals surface area contributed by atoms with Gasteiger partial charge in [0.2, 0.25) is 5.91 Å². The molecule has 2 N–H and O–H groups in total. The van der Waals surface area contributed by atoms with Crippen molar-refractivity contribution in [2.45, 2.75) is 25.6 Å². The Bertz CT molecular complexity index is 531. The van der Waals surface area contributed by atoms with Crippen molar-refractivity contribution >= 4 is 11.8 Å². The summed E-state index contributed by atoms with van der Waals surface area (Å²) >= 11 is 0. The molecule has 1 aliphatic rings. The third-order valence-corrected chi connectivity index (χ3v) is 3.30. The molecule has 0 bridgehead atoms. The van der Waals surface area contributed by atoms with Gasteiger partial charge in [0, 0.05) is 18.7 Å². The number of amides is 2. The van der Waals surface area contributed by atoms with Gasteiger partial charge < -0.3 is 20.1 Å². The van der Waals surface area contributed by atoms with Gasteiger partial charge >= 0.3 is 6.61 Å². The molecule has 1 atom stereocenters. The number of nitrogens with one attached hydrogen (secondary N) is 2. The number of benzene rings is 1. The van der Waals surface area contributed by atoms with E-state index in [2.05, 4.69) is 15.4 Å². The van der Waals surface area contributed by atoms with E-state index in [0.717, 1.165) is 12.8 Å². The highest BCUT2D eigenvalue weighted by atomic mass is 19.3. The van der Waals surface area contributed by atoms with Crippen LogP contribution in [0.15, 0.2) is 24.3 Å². The summed E-state index contributed by atoms with van der Waals surface area (Å²) in [7, 11) is 0. The lowest BCUT2D eigenvalue weighted by atomic mass is 10.2. The molecule has 1 fully saturated rings. The molecule has 0 radical (unpaired) electrons. The average Bonchev–Trinajstić information content (AvgIpc) is 3.04. The highest BCUT2D eigenvalue weighted by Gasteiger charge is 2.16. The van der Waals surface area contributed by atoms with Gasteiger partial charge in [-0.05, 0) is 37.1 Å². The minimum absolute atomic E-state index is 0.0362. The predicted molar refractivity (Wildman–Crippen MR) is 77.4 cm³/mol. The van der Waals surface area contributed by atoms with Crippen LogP contribution in [0.1, 0.15) is 23.2 Å². The van der Waals surface area contributed by atoms with Crippen LogP contribution in [0.4, 0.5) is 8.78 Å².